The zero-order valence-electron chi connectivity index (χ0n) is 15.0. The van der Waals surface area contributed by atoms with Gasteiger partial charge < -0.3 is 9.05 Å². The lowest BCUT2D eigenvalue weighted by molar-refractivity contribution is 0.384. The first kappa shape index (κ1) is 19.8. The Kier molecular flexibility index (Phi) is 8.51. The molecule has 0 saturated carbocycles. The lowest BCUT2D eigenvalue weighted by Gasteiger charge is -2.19. The van der Waals surface area contributed by atoms with E-state index in [1.54, 1.807) is 24.3 Å². The minimum atomic E-state index is -3.18. The van der Waals surface area contributed by atoms with E-state index < -0.39 is 7.60 Å². The van der Waals surface area contributed by atoms with E-state index in [0.29, 0.717) is 17.7 Å². The van der Waals surface area contributed by atoms with Crippen molar-refractivity contribution in [1.82, 2.24) is 0 Å². The van der Waals surface area contributed by atoms with Crippen LogP contribution in [-0.4, -0.2) is 6.16 Å². The third-order valence-electron chi connectivity index (χ3n) is 3.43. The quantitative estimate of drug-likeness (QED) is 0.429. The molecule has 4 heteroatoms. The van der Waals surface area contributed by atoms with Crippen molar-refractivity contribution in [2.45, 2.75) is 19.8 Å². The lowest BCUT2D eigenvalue weighted by atomic mass is 10.3. The van der Waals surface area contributed by atoms with E-state index in [0.717, 1.165) is 12.8 Å². The molecular formula is C22H25O3P. The first-order valence-electron chi connectivity index (χ1n) is 8.80. The van der Waals surface area contributed by atoms with Gasteiger partial charge in [-0.3, -0.25) is 0 Å². The summed E-state index contributed by atoms with van der Waals surface area (Å²) in [5.74, 6) is 1.14. The van der Waals surface area contributed by atoms with Crippen molar-refractivity contribution < 1.29 is 13.6 Å². The van der Waals surface area contributed by atoms with Gasteiger partial charge in [0.05, 0.1) is 6.16 Å². The second-order valence-corrected chi connectivity index (χ2v) is 7.69. The van der Waals surface area contributed by atoms with E-state index in [1.165, 1.54) is 0 Å². The van der Waals surface area contributed by atoms with Crippen molar-refractivity contribution in [3.63, 3.8) is 0 Å². The van der Waals surface area contributed by atoms with Crippen LogP contribution >= 0.6 is 7.60 Å². The van der Waals surface area contributed by atoms with Crippen molar-refractivity contribution in [1.29, 1.82) is 0 Å². The summed E-state index contributed by atoms with van der Waals surface area (Å²) in [5, 5.41) is 0. The summed E-state index contributed by atoms with van der Waals surface area (Å²) in [6, 6.07) is 30.3. The molecule has 136 valence electrons. The molecule has 0 amide bonds. The van der Waals surface area contributed by atoms with Gasteiger partial charge >= 0.3 is 7.60 Å². The standard InChI is InChI=1S/C16H19O3P.C6H6/c1-2-3-14-20(17,18-15-10-6-4-7-11-15)19-16-12-8-5-9-13-16;1-2-4-6-5-3-1/h4-13H,2-3,14H2,1H3;1-6H. The van der Waals surface area contributed by atoms with Gasteiger partial charge in [-0.05, 0) is 30.7 Å². The van der Waals surface area contributed by atoms with Gasteiger partial charge in [0.1, 0.15) is 11.5 Å². The number of rotatable bonds is 7. The molecule has 0 N–H and O–H groups in total. The minimum absolute atomic E-state index is 0.410. The zero-order valence-corrected chi connectivity index (χ0v) is 15.9. The molecule has 0 saturated heterocycles. The number of benzene rings is 3. The molecule has 0 spiro atoms. The summed E-state index contributed by atoms with van der Waals surface area (Å²) in [6.07, 6.45) is 2.16. The minimum Gasteiger partial charge on any atom is -0.416 e. The number of hydrogen-bond acceptors (Lipinski definition) is 3. The second kappa shape index (κ2) is 11.2. The van der Waals surface area contributed by atoms with Crippen molar-refractivity contribution in [3.8, 4) is 11.5 Å². The molecule has 0 atom stereocenters. The summed E-state index contributed by atoms with van der Waals surface area (Å²) >= 11 is 0. The third-order valence-corrected chi connectivity index (χ3v) is 5.27. The third kappa shape index (κ3) is 7.58. The monoisotopic (exact) mass is 368 g/mol. The molecule has 0 unspecified atom stereocenters. The summed E-state index contributed by atoms with van der Waals surface area (Å²) in [7, 11) is -3.18. The fourth-order valence-corrected chi connectivity index (χ4v) is 3.94. The van der Waals surface area contributed by atoms with Crippen molar-refractivity contribution in [2.75, 3.05) is 6.16 Å². The average Bonchev–Trinajstić information content (AvgIpc) is 2.70. The molecule has 3 aromatic rings. The largest absolute Gasteiger partial charge is 0.430 e. The molecule has 3 aromatic carbocycles. The van der Waals surface area contributed by atoms with Crippen molar-refractivity contribution in [3.05, 3.63) is 97.1 Å². The molecule has 3 nitrogen and oxygen atoms in total. The Morgan fingerprint density at radius 3 is 1.35 bits per heavy atom. The maximum Gasteiger partial charge on any atom is 0.430 e. The Morgan fingerprint density at radius 2 is 1.00 bits per heavy atom. The molecule has 3 rings (SSSR count). The first-order chi connectivity index (χ1) is 12.7. The molecule has 0 bridgehead atoms. The predicted molar refractivity (Wildman–Crippen MR) is 108 cm³/mol. The van der Waals surface area contributed by atoms with Crippen LogP contribution in [-0.2, 0) is 4.57 Å². The van der Waals surface area contributed by atoms with Gasteiger partial charge in [0, 0.05) is 0 Å². The smallest absolute Gasteiger partial charge is 0.416 e. The van der Waals surface area contributed by atoms with Crippen LogP contribution in [0, 0.1) is 0 Å². The highest BCUT2D eigenvalue weighted by Crippen LogP contribution is 2.49. The fourth-order valence-electron chi connectivity index (χ4n) is 2.13. The molecule has 0 aromatic heterocycles. The van der Waals surface area contributed by atoms with Crippen LogP contribution in [0.25, 0.3) is 0 Å². The molecule has 0 aliphatic heterocycles. The summed E-state index contributed by atoms with van der Waals surface area (Å²) in [6.45, 7) is 2.05. The van der Waals surface area contributed by atoms with Gasteiger partial charge in [-0.25, -0.2) is 4.57 Å². The molecule has 0 radical (unpaired) electrons. The summed E-state index contributed by atoms with van der Waals surface area (Å²) in [5.41, 5.74) is 0. The highest BCUT2D eigenvalue weighted by molar-refractivity contribution is 7.54. The maximum atomic E-state index is 12.9. The number of unbranched alkanes of at least 4 members (excludes halogenated alkanes) is 1. The Hall–Kier alpha value is -2.51. The van der Waals surface area contributed by atoms with E-state index in [-0.39, 0.29) is 0 Å². The van der Waals surface area contributed by atoms with E-state index in [2.05, 4.69) is 6.92 Å². The van der Waals surface area contributed by atoms with Gasteiger partial charge in [-0.1, -0.05) is 86.1 Å². The van der Waals surface area contributed by atoms with E-state index in [9.17, 15) is 4.57 Å². The summed E-state index contributed by atoms with van der Waals surface area (Å²) < 4.78 is 24.1. The van der Waals surface area contributed by atoms with Gasteiger partial charge in [0.15, 0.2) is 0 Å². The van der Waals surface area contributed by atoms with Gasteiger partial charge in [-0.2, -0.15) is 0 Å². The van der Waals surface area contributed by atoms with Crippen LogP contribution in [0.15, 0.2) is 97.1 Å². The predicted octanol–water partition coefficient (Wildman–Crippen LogP) is 6.82. The van der Waals surface area contributed by atoms with Crippen molar-refractivity contribution >= 4 is 7.60 Å². The van der Waals surface area contributed by atoms with Crippen LogP contribution in [0.3, 0.4) is 0 Å². The van der Waals surface area contributed by atoms with Gasteiger partial charge in [0.2, 0.25) is 0 Å². The second-order valence-electron chi connectivity index (χ2n) is 5.65. The topological polar surface area (TPSA) is 35.5 Å². The Balaban J connectivity index is 0.000000342. The maximum absolute atomic E-state index is 12.9. The van der Waals surface area contributed by atoms with E-state index >= 15 is 0 Å². The Bertz CT molecular complexity index is 689. The van der Waals surface area contributed by atoms with Crippen LogP contribution in [0.1, 0.15) is 19.8 Å². The van der Waals surface area contributed by atoms with E-state index in [1.807, 2.05) is 72.8 Å². The SMILES string of the molecule is CCCCP(=O)(Oc1ccccc1)Oc1ccccc1.c1ccccc1. The highest BCUT2D eigenvalue weighted by atomic mass is 31.2. The lowest BCUT2D eigenvalue weighted by Crippen LogP contribution is -2.05. The molecular weight excluding hydrogens is 343 g/mol. The zero-order chi connectivity index (χ0) is 18.5. The van der Waals surface area contributed by atoms with Crippen molar-refractivity contribution in [2.24, 2.45) is 0 Å². The average molecular weight is 368 g/mol. The Morgan fingerprint density at radius 1 is 0.654 bits per heavy atom. The Labute approximate surface area is 156 Å². The molecule has 26 heavy (non-hydrogen) atoms. The molecule has 0 heterocycles. The van der Waals surface area contributed by atoms with Gasteiger partial charge in [0.25, 0.3) is 0 Å². The molecule has 0 fully saturated rings. The van der Waals surface area contributed by atoms with Crippen LogP contribution in [0.5, 0.6) is 11.5 Å². The van der Waals surface area contributed by atoms with Gasteiger partial charge in [-0.15, -0.1) is 0 Å². The van der Waals surface area contributed by atoms with Crippen LogP contribution in [0.4, 0.5) is 0 Å². The normalized spacial score (nSPS) is 10.3. The highest BCUT2D eigenvalue weighted by Gasteiger charge is 2.27. The molecule has 0 aliphatic carbocycles. The fraction of sp³-hybridized carbons (Fsp3) is 0.182. The van der Waals surface area contributed by atoms with Crippen LogP contribution in [0.2, 0.25) is 0 Å². The molecule has 0 aliphatic rings. The summed E-state index contributed by atoms with van der Waals surface area (Å²) in [4.78, 5) is 0. The first-order valence-corrected chi connectivity index (χ1v) is 10.5. The number of para-hydroxylation sites is 2. The van der Waals surface area contributed by atoms with Crippen LogP contribution < -0.4 is 9.05 Å². The van der Waals surface area contributed by atoms with E-state index in [4.69, 9.17) is 9.05 Å². The number of hydrogen-bond donors (Lipinski definition) is 0.